The SMILES string of the molecule is COc1ncc(-c2ccc3ncnc(N4CCN(C(=O)/C=C/CF)CC4)c3c2)cc1NS(=O)(=O)c1ccc(F)cc1F. The molecule has 0 atom stereocenters. The largest absolute Gasteiger partial charge is 0.480 e. The van der Waals surface area contributed by atoms with Gasteiger partial charge in [-0.25, -0.2) is 36.5 Å². The molecule has 42 heavy (non-hydrogen) atoms. The molecule has 1 aliphatic heterocycles. The third-order valence-electron chi connectivity index (χ3n) is 6.66. The predicted molar refractivity (Wildman–Crippen MR) is 150 cm³/mol. The fourth-order valence-corrected chi connectivity index (χ4v) is 5.71. The molecule has 1 N–H and O–H groups in total. The Balaban J connectivity index is 1.45. The quantitative estimate of drug-likeness (QED) is 0.303. The van der Waals surface area contributed by atoms with Gasteiger partial charge in [0.05, 0.1) is 12.6 Å². The van der Waals surface area contributed by atoms with Crippen LogP contribution in [-0.2, 0) is 14.8 Å². The van der Waals surface area contributed by atoms with Crippen molar-refractivity contribution in [1.82, 2.24) is 19.9 Å². The van der Waals surface area contributed by atoms with Gasteiger partial charge in [0, 0.05) is 55.5 Å². The number of hydrogen-bond donors (Lipinski definition) is 1. The van der Waals surface area contributed by atoms with Gasteiger partial charge >= 0.3 is 0 Å². The summed E-state index contributed by atoms with van der Waals surface area (Å²) in [5.74, 6) is -1.80. The highest BCUT2D eigenvalue weighted by atomic mass is 32.2. The highest BCUT2D eigenvalue weighted by Crippen LogP contribution is 2.33. The number of sulfonamides is 1. The third kappa shape index (κ3) is 5.98. The van der Waals surface area contributed by atoms with Gasteiger partial charge in [-0.2, -0.15) is 0 Å². The van der Waals surface area contributed by atoms with Gasteiger partial charge in [0.2, 0.25) is 11.8 Å². The number of hydrogen-bond acceptors (Lipinski definition) is 8. The molecule has 0 saturated carbocycles. The number of piperazine rings is 1. The van der Waals surface area contributed by atoms with E-state index in [0.29, 0.717) is 54.7 Å². The average Bonchev–Trinajstić information content (AvgIpc) is 2.99. The van der Waals surface area contributed by atoms with Crippen LogP contribution in [0.15, 0.2) is 72.0 Å². The summed E-state index contributed by atoms with van der Waals surface area (Å²) in [6.07, 6.45) is 5.36. The van der Waals surface area contributed by atoms with Crippen LogP contribution in [0.3, 0.4) is 0 Å². The van der Waals surface area contributed by atoms with Gasteiger partial charge in [0.25, 0.3) is 10.0 Å². The van der Waals surface area contributed by atoms with Crippen LogP contribution in [0.4, 0.5) is 24.7 Å². The number of carbonyl (C=O) groups excluding carboxylic acids is 1. The maximum absolute atomic E-state index is 14.3. The Morgan fingerprint density at radius 2 is 1.81 bits per heavy atom. The molecule has 5 rings (SSSR count). The van der Waals surface area contributed by atoms with Crippen LogP contribution >= 0.6 is 0 Å². The van der Waals surface area contributed by atoms with Crippen molar-refractivity contribution < 1.29 is 31.1 Å². The number of aromatic nitrogens is 3. The number of amides is 1. The Hall–Kier alpha value is -4.72. The molecule has 1 saturated heterocycles. The minimum atomic E-state index is -4.45. The maximum atomic E-state index is 14.3. The monoisotopic (exact) mass is 598 g/mol. The number of anilines is 2. The number of pyridine rings is 1. The molecule has 2 aromatic carbocycles. The predicted octanol–water partition coefficient (Wildman–Crippen LogP) is 3.95. The number of ether oxygens (including phenoxy) is 1. The van der Waals surface area contributed by atoms with Crippen LogP contribution < -0.4 is 14.4 Å². The number of carbonyl (C=O) groups is 1. The number of allylic oxidation sites excluding steroid dienone is 1. The fraction of sp³-hybridized carbons (Fsp3) is 0.214. The number of fused-ring (bicyclic) bond motifs is 1. The van der Waals surface area contributed by atoms with Crippen LogP contribution in [0, 0.1) is 11.6 Å². The van der Waals surface area contributed by atoms with Gasteiger partial charge in [-0.3, -0.25) is 9.52 Å². The van der Waals surface area contributed by atoms with E-state index in [0.717, 1.165) is 17.5 Å². The van der Waals surface area contributed by atoms with Crippen LogP contribution in [0.25, 0.3) is 22.0 Å². The van der Waals surface area contributed by atoms with Crippen LogP contribution in [-0.4, -0.2) is 74.1 Å². The summed E-state index contributed by atoms with van der Waals surface area (Å²) in [5.41, 5.74) is 1.79. The fourth-order valence-electron chi connectivity index (χ4n) is 4.60. The number of methoxy groups -OCH3 is 1. The molecule has 3 heterocycles. The average molecular weight is 599 g/mol. The van der Waals surface area contributed by atoms with Gasteiger partial charge in [-0.05, 0) is 42.0 Å². The second-order valence-electron chi connectivity index (χ2n) is 9.26. The Labute approximate surface area is 239 Å². The van der Waals surface area contributed by atoms with E-state index in [-0.39, 0.29) is 17.5 Å². The van der Waals surface area contributed by atoms with Gasteiger partial charge in [0.1, 0.15) is 41.0 Å². The molecule has 1 fully saturated rings. The number of nitrogens with zero attached hydrogens (tertiary/aromatic N) is 5. The minimum absolute atomic E-state index is 0.0500. The highest BCUT2D eigenvalue weighted by molar-refractivity contribution is 7.92. The summed E-state index contributed by atoms with van der Waals surface area (Å²) in [6.45, 7) is 1.16. The van der Waals surface area contributed by atoms with Gasteiger partial charge < -0.3 is 14.5 Å². The molecule has 218 valence electrons. The molecule has 1 amide bonds. The minimum Gasteiger partial charge on any atom is -0.480 e. The first-order valence-corrected chi connectivity index (χ1v) is 14.2. The van der Waals surface area contributed by atoms with Crippen molar-refractivity contribution in [3.63, 3.8) is 0 Å². The summed E-state index contributed by atoms with van der Waals surface area (Å²) in [4.78, 5) is 28.2. The van der Waals surface area contributed by atoms with E-state index in [4.69, 9.17) is 4.74 Å². The van der Waals surface area contributed by atoms with Crippen LogP contribution in [0.5, 0.6) is 5.88 Å². The topological polar surface area (TPSA) is 118 Å². The van der Waals surface area contributed by atoms with E-state index in [9.17, 15) is 26.4 Å². The molecule has 10 nitrogen and oxygen atoms in total. The lowest BCUT2D eigenvalue weighted by molar-refractivity contribution is -0.126. The molecule has 0 unspecified atom stereocenters. The number of halogens is 3. The summed E-state index contributed by atoms with van der Waals surface area (Å²) >= 11 is 0. The lowest BCUT2D eigenvalue weighted by atomic mass is 10.0. The van der Waals surface area contributed by atoms with Crippen molar-refractivity contribution in [1.29, 1.82) is 0 Å². The van der Waals surface area contributed by atoms with E-state index >= 15 is 0 Å². The van der Waals surface area contributed by atoms with Crippen molar-refractivity contribution in [2.45, 2.75) is 4.90 Å². The second-order valence-corrected chi connectivity index (χ2v) is 10.9. The van der Waals surface area contributed by atoms with E-state index in [1.807, 2.05) is 11.0 Å². The molecule has 1 aliphatic rings. The van der Waals surface area contributed by atoms with Crippen LogP contribution in [0.2, 0.25) is 0 Å². The first kappa shape index (κ1) is 28.8. The van der Waals surface area contributed by atoms with Crippen molar-refractivity contribution in [3.8, 4) is 17.0 Å². The van der Waals surface area contributed by atoms with E-state index in [2.05, 4.69) is 19.7 Å². The molecule has 4 aromatic rings. The Bertz CT molecular complexity index is 1780. The standard InChI is InChI=1S/C28H25F3N6O4S/c1-41-28-24(35-42(39,40)25-7-5-20(30)15-22(25)31)14-19(16-32-28)18-4-6-23-21(13-18)27(34-17-33-23)37-11-9-36(10-12-37)26(38)3-2-8-29/h2-7,13-17,35H,8-12H2,1H3/b3-2+. The molecule has 0 radical (unpaired) electrons. The lowest BCUT2D eigenvalue weighted by Gasteiger charge is -2.35. The summed E-state index contributed by atoms with van der Waals surface area (Å²) in [7, 11) is -3.15. The van der Waals surface area contributed by atoms with Crippen molar-refractivity contribution in [2.24, 2.45) is 0 Å². The van der Waals surface area contributed by atoms with E-state index in [1.54, 1.807) is 17.0 Å². The Morgan fingerprint density at radius 1 is 1.02 bits per heavy atom. The molecule has 0 aliphatic carbocycles. The molecule has 2 aromatic heterocycles. The summed E-state index contributed by atoms with van der Waals surface area (Å²) < 4.78 is 73.4. The maximum Gasteiger partial charge on any atom is 0.264 e. The number of benzene rings is 2. The van der Waals surface area contributed by atoms with Gasteiger partial charge in [-0.1, -0.05) is 6.07 Å². The van der Waals surface area contributed by atoms with Crippen LogP contribution in [0.1, 0.15) is 0 Å². The van der Waals surface area contributed by atoms with Gasteiger partial charge in [0.15, 0.2) is 0 Å². The second kappa shape index (κ2) is 12.0. The summed E-state index contributed by atoms with van der Waals surface area (Å²) in [5, 5.41) is 0.721. The Kier molecular flexibility index (Phi) is 8.24. The highest BCUT2D eigenvalue weighted by Gasteiger charge is 2.24. The zero-order valence-electron chi connectivity index (χ0n) is 22.3. The zero-order valence-corrected chi connectivity index (χ0v) is 23.1. The first-order valence-electron chi connectivity index (χ1n) is 12.7. The zero-order chi connectivity index (χ0) is 29.9. The van der Waals surface area contributed by atoms with Crippen molar-refractivity contribution in [3.05, 3.63) is 78.8 Å². The number of rotatable bonds is 8. The lowest BCUT2D eigenvalue weighted by Crippen LogP contribution is -2.48. The molecule has 0 spiro atoms. The number of nitrogens with one attached hydrogen (secondary N) is 1. The molecule has 14 heteroatoms. The first-order chi connectivity index (χ1) is 20.2. The van der Waals surface area contributed by atoms with Crippen molar-refractivity contribution >= 4 is 38.3 Å². The molecule has 0 bridgehead atoms. The third-order valence-corrected chi connectivity index (χ3v) is 8.06. The summed E-state index contributed by atoms with van der Waals surface area (Å²) in [6, 6.07) is 9.07. The smallest absolute Gasteiger partial charge is 0.264 e. The Morgan fingerprint density at radius 3 is 2.52 bits per heavy atom. The number of alkyl halides is 1. The van der Waals surface area contributed by atoms with E-state index in [1.165, 1.54) is 37.9 Å². The van der Waals surface area contributed by atoms with Gasteiger partial charge in [-0.15, -0.1) is 0 Å². The normalized spacial score (nSPS) is 14.0. The van der Waals surface area contributed by atoms with E-state index < -0.39 is 33.2 Å². The molecular formula is C28H25F3N6O4S. The van der Waals surface area contributed by atoms with Crippen molar-refractivity contribution in [2.75, 3.05) is 49.6 Å². The molecular weight excluding hydrogens is 573 g/mol.